The van der Waals surface area contributed by atoms with E-state index in [1.807, 2.05) is 30.3 Å². The van der Waals surface area contributed by atoms with E-state index < -0.39 is 0 Å². The second-order valence-electron chi connectivity index (χ2n) is 9.14. The summed E-state index contributed by atoms with van der Waals surface area (Å²) in [5.41, 5.74) is 3.01. The molecule has 1 aliphatic heterocycles. The summed E-state index contributed by atoms with van der Waals surface area (Å²) in [4.78, 5) is 17.1. The Kier molecular flexibility index (Phi) is 5.74. The molecule has 0 bridgehead atoms. The molecule has 180 valence electrons. The van der Waals surface area contributed by atoms with Crippen LogP contribution in [0.1, 0.15) is 17.2 Å². The van der Waals surface area contributed by atoms with Crippen molar-refractivity contribution < 1.29 is 13.2 Å². The van der Waals surface area contributed by atoms with Crippen LogP contribution < -0.4 is 10.5 Å². The zero-order chi connectivity index (χ0) is 24.6. The highest BCUT2D eigenvalue weighted by Crippen LogP contribution is 2.34. The SMILES string of the molecule is O=c1cc(N2CCN(C(c3ccc(F)cc3)c3ccc(F)cc3)CC2)c2ccc3ccccc3c2o1. The first-order valence-electron chi connectivity index (χ1n) is 12.0. The van der Waals surface area contributed by atoms with Crippen molar-refractivity contribution in [2.24, 2.45) is 0 Å². The predicted molar refractivity (Wildman–Crippen MR) is 138 cm³/mol. The number of halogens is 2. The molecule has 1 fully saturated rings. The Bertz CT molecular complexity index is 1540. The van der Waals surface area contributed by atoms with Crippen molar-refractivity contribution in [3.05, 3.63) is 124 Å². The van der Waals surface area contributed by atoms with Gasteiger partial charge in [0.15, 0.2) is 0 Å². The Labute approximate surface area is 207 Å². The minimum atomic E-state index is -0.369. The summed E-state index contributed by atoms with van der Waals surface area (Å²) in [7, 11) is 0. The summed E-state index contributed by atoms with van der Waals surface area (Å²) in [6.07, 6.45) is 0. The molecule has 0 N–H and O–H groups in total. The Morgan fingerprint density at radius 1 is 0.694 bits per heavy atom. The van der Waals surface area contributed by atoms with Crippen molar-refractivity contribution in [3.8, 4) is 0 Å². The van der Waals surface area contributed by atoms with E-state index >= 15 is 0 Å². The van der Waals surface area contributed by atoms with Crippen LogP contribution in [-0.2, 0) is 0 Å². The van der Waals surface area contributed by atoms with Gasteiger partial charge in [-0.05, 0) is 46.8 Å². The quantitative estimate of drug-likeness (QED) is 0.228. The fourth-order valence-corrected chi connectivity index (χ4v) is 5.26. The molecule has 0 unspecified atom stereocenters. The first-order chi connectivity index (χ1) is 17.6. The Morgan fingerprint density at radius 2 is 1.31 bits per heavy atom. The van der Waals surface area contributed by atoms with E-state index in [1.54, 1.807) is 30.3 Å². The molecule has 1 aromatic heterocycles. The van der Waals surface area contributed by atoms with E-state index in [2.05, 4.69) is 15.9 Å². The van der Waals surface area contributed by atoms with Gasteiger partial charge in [0.25, 0.3) is 0 Å². The van der Waals surface area contributed by atoms with Gasteiger partial charge in [-0.25, -0.2) is 13.6 Å². The van der Waals surface area contributed by atoms with Crippen LogP contribution in [-0.4, -0.2) is 31.1 Å². The lowest BCUT2D eigenvalue weighted by Gasteiger charge is -2.40. The summed E-state index contributed by atoms with van der Waals surface area (Å²) < 4.78 is 32.9. The second-order valence-corrected chi connectivity index (χ2v) is 9.14. The van der Waals surface area contributed by atoms with Gasteiger partial charge in [-0.1, -0.05) is 54.6 Å². The maximum atomic E-state index is 13.6. The van der Waals surface area contributed by atoms with Gasteiger partial charge >= 0.3 is 5.63 Å². The lowest BCUT2D eigenvalue weighted by Crippen LogP contribution is -2.48. The lowest BCUT2D eigenvalue weighted by molar-refractivity contribution is 0.212. The number of piperazine rings is 1. The summed E-state index contributed by atoms with van der Waals surface area (Å²) >= 11 is 0. The molecular formula is C30H24F2N2O2. The molecule has 4 aromatic carbocycles. The number of hydrogen-bond donors (Lipinski definition) is 0. The van der Waals surface area contributed by atoms with E-state index in [9.17, 15) is 13.6 Å². The van der Waals surface area contributed by atoms with Gasteiger partial charge in [0, 0.05) is 43.0 Å². The molecule has 6 heteroatoms. The van der Waals surface area contributed by atoms with Gasteiger partial charge in [0.1, 0.15) is 17.2 Å². The predicted octanol–water partition coefficient (Wildman–Crippen LogP) is 6.14. The molecule has 0 aliphatic carbocycles. The maximum absolute atomic E-state index is 13.6. The monoisotopic (exact) mass is 482 g/mol. The fourth-order valence-electron chi connectivity index (χ4n) is 5.26. The van der Waals surface area contributed by atoms with Crippen LogP contribution in [0.25, 0.3) is 21.7 Å². The molecule has 36 heavy (non-hydrogen) atoms. The van der Waals surface area contributed by atoms with Gasteiger partial charge in [-0.2, -0.15) is 0 Å². The maximum Gasteiger partial charge on any atom is 0.338 e. The topological polar surface area (TPSA) is 36.7 Å². The van der Waals surface area contributed by atoms with Crippen LogP contribution in [0, 0.1) is 11.6 Å². The van der Waals surface area contributed by atoms with Crippen molar-refractivity contribution >= 4 is 27.4 Å². The number of anilines is 1. The van der Waals surface area contributed by atoms with Crippen molar-refractivity contribution in [3.63, 3.8) is 0 Å². The highest BCUT2D eigenvalue weighted by atomic mass is 19.1. The van der Waals surface area contributed by atoms with E-state index in [0.29, 0.717) is 31.8 Å². The lowest BCUT2D eigenvalue weighted by atomic mass is 9.96. The van der Waals surface area contributed by atoms with Crippen LogP contribution in [0.4, 0.5) is 14.5 Å². The molecule has 6 rings (SSSR count). The number of hydrogen-bond acceptors (Lipinski definition) is 4. The zero-order valence-electron chi connectivity index (χ0n) is 19.5. The molecule has 0 saturated carbocycles. The van der Waals surface area contributed by atoms with Gasteiger partial charge in [0.05, 0.1) is 11.7 Å². The molecule has 0 radical (unpaired) electrons. The van der Waals surface area contributed by atoms with Crippen LogP contribution >= 0.6 is 0 Å². The first-order valence-corrected chi connectivity index (χ1v) is 12.0. The molecule has 1 saturated heterocycles. The van der Waals surface area contributed by atoms with Gasteiger partial charge in [-0.3, -0.25) is 4.90 Å². The number of fused-ring (bicyclic) bond motifs is 3. The summed E-state index contributed by atoms with van der Waals surface area (Å²) in [6, 6.07) is 26.4. The zero-order valence-corrected chi connectivity index (χ0v) is 19.5. The van der Waals surface area contributed by atoms with Crippen LogP contribution in [0.3, 0.4) is 0 Å². The second kappa shape index (κ2) is 9.21. The summed E-state index contributed by atoms with van der Waals surface area (Å²) in [5.74, 6) is -0.576. The minimum absolute atomic E-state index is 0.130. The molecule has 1 aliphatic rings. The molecule has 5 aromatic rings. The fraction of sp³-hybridized carbons (Fsp3) is 0.167. The Morgan fingerprint density at radius 3 is 1.94 bits per heavy atom. The van der Waals surface area contributed by atoms with Crippen molar-refractivity contribution in [2.45, 2.75) is 6.04 Å². The molecule has 0 atom stereocenters. The molecule has 0 spiro atoms. The molecule has 4 nitrogen and oxygen atoms in total. The van der Waals surface area contributed by atoms with Crippen LogP contribution in [0.15, 0.2) is 100 Å². The highest BCUT2D eigenvalue weighted by molar-refractivity contribution is 6.08. The van der Waals surface area contributed by atoms with Crippen molar-refractivity contribution in [1.82, 2.24) is 4.90 Å². The smallest absolute Gasteiger partial charge is 0.338 e. The first kappa shape index (κ1) is 22.4. The van der Waals surface area contributed by atoms with Crippen LogP contribution in [0.2, 0.25) is 0 Å². The third kappa shape index (κ3) is 4.14. The highest BCUT2D eigenvalue weighted by Gasteiger charge is 2.28. The van der Waals surface area contributed by atoms with E-state index in [-0.39, 0.29) is 23.3 Å². The third-order valence-electron chi connectivity index (χ3n) is 7.00. The van der Waals surface area contributed by atoms with E-state index in [1.165, 1.54) is 24.3 Å². The van der Waals surface area contributed by atoms with E-state index in [4.69, 9.17) is 4.42 Å². The van der Waals surface area contributed by atoms with Crippen LogP contribution in [0.5, 0.6) is 0 Å². The molecular weight excluding hydrogens is 458 g/mol. The Hall–Kier alpha value is -4.03. The Balaban J connectivity index is 1.32. The summed E-state index contributed by atoms with van der Waals surface area (Å²) in [6.45, 7) is 2.83. The standard InChI is InChI=1S/C30H24F2N2O2/c31-23-10-5-21(6-11-23)29(22-7-12-24(32)13-8-22)34-17-15-33(16-18-34)27-19-28(35)36-30-25-4-2-1-3-20(25)9-14-26(27)30/h1-14,19,29H,15-18H2. The largest absolute Gasteiger partial charge is 0.422 e. The van der Waals surface area contributed by atoms with Crippen molar-refractivity contribution in [1.29, 1.82) is 0 Å². The average Bonchev–Trinajstić information content (AvgIpc) is 2.91. The van der Waals surface area contributed by atoms with Gasteiger partial charge in [0.2, 0.25) is 0 Å². The molecule has 0 amide bonds. The minimum Gasteiger partial charge on any atom is -0.422 e. The number of benzene rings is 4. The number of rotatable bonds is 4. The van der Waals surface area contributed by atoms with E-state index in [0.717, 1.165) is 33.0 Å². The van der Waals surface area contributed by atoms with Gasteiger partial charge < -0.3 is 9.32 Å². The normalized spacial score (nSPS) is 14.7. The molecule has 2 heterocycles. The third-order valence-corrected chi connectivity index (χ3v) is 7.00. The van der Waals surface area contributed by atoms with Gasteiger partial charge in [-0.15, -0.1) is 0 Å². The van der Waals surface area contributed by atoms with Crippen molar-refractivity contribution in [2.75, 3.05) is 31.1 Å². The average molecular weight is 483 g/mol. The number of nitrogens with zero attached hydrogens (tertiary/aromatic N) is 2. The summed E-state index contributed by atoms with van der Waals surface area (Å²) in [5, 5.41) is 2.85.